The monoisotopic (exact) mass is 310 g/mol. The van der Waals surface area contributed by atoms with E-state index < -0.39 is 0 Å². The molecule has 0 amide bonds. The van der Waals surface area contributed by atoms with Gasteiger partial charge in [-0.15, -0.1) is 5.10 Å². The number of ether oxygens (including phenoxy) is 1. The summed E-state index contributed by atoms with van der Waals surface area (Å²) in [6, 6.07) is 3.53. The van der Waals surface area contributed by atoms with Crippen LogP contribution >= 0.6 is 15.9 Å². The van der Waals surface area contributed by atoms with E-state index in [4.69, 9.17) is 4.74 Å². The minimum Gasteiger partial charge on any atom is -0.419 e. The summed E-state index contributed by atoms with van der Waals surface area (Å²) in [6.45, 7) is 8.07. The van der Waals surface area contributed by atoms with Gasteiger partial charge in [0.2, 0.25) is 11.8 Å². The van der Waals surface area contributed by atoms with Crippen LogP contribution in [-0.4, -0.2) is 20.2 Å². The maximum atomic E-state index is 5.59. The molecule has 0 radical (unpaired) electrons. The molecule has 0 spiro atoms. The Morgan fingerprint density at radius 3 is 2.44 bits per heavy atom. The lowest BCUT2D eigenvalue weighted by Gasteiger charge is -2.17. The molecule has 0 aliphatic rings. The maximum Gasteiger partial charge on any atom is 0.240 e. The number of aryl methyl sites for hydroxylation is 1. The lowest BCUT2D eigenvalue weighted by Crippen LogP contribution is -2.16. The summed E-state index contributed by atoms with van der Waals surface area (Å²) in [4.78, 5) is 8.74. The van der Waals surface area contributed by atoms with Gasteiger partial charge in [-0.25, -0.2) is 4.98 Å². The van der Waals surface area contributed by atoms with Crippen LogP contribution in [0.1, 0.15) is 32.3 Å². The Hall–Kier alpha value is -1.43. The highest BCUT2D eigenvalue weighted by molar-refractivity contribution is 9.10. The van der Waals surface area contributed by atoms with Gasteiger partial charge in [-0.05, 0) is 22.9 Å². The van der Waals surface area contributed by atoms with Crippen molar-refractivity contribution in [1.29, 1.82) is 0 Å². The predicted molar refractivity (Wildman–Crippen MR) is 71.8 cm³/mol. The number of hydrogen-bond acceptors (Lipinski definition) is 4. The third kappa shape index (κ3) is 3.07. The minimum atomic E-state index is -0.136. The number of aromatic amines is 1. The van der Waals surface area contributed by atoms with Crippen LogP contribution in [-0.2, 0) is 5.41 Å². The van der Waals surface area contributed by atoms with Crippen molar-refractivity contribution < 1.29 is 4.74 Å². The summed E-state index contributed by atoms with van der Waals surface area (Å²) in [7, 11) is 0. The summed E-state index contributed by atoms with van der Waals surface area (Å²) in [5, 5.41) is 6.83. The molecule has 6 heteroatoms. The largest absolute Gasteiger partial charge is 0.419 e. The molecule has 5 nitrogen and oxygen atoms in total. The molecule has 0 bridgehead atoms. The fourth-order valence-electron chi connectivity index (χ4n) is 1.34. The van der Waals surface area contributed by atoms with Gasteiger partial charge in [-0.3, -0.25) is 5.10 Å². The quantitative estimate of drug-likeness (QED) is 0.864. The predicted octanol–water partition coefficient (Wildman–Crippen LogP) is 3.36. The molecule has 1 N–H and O–H groups in total. The van der Waals surface area contributed by atoms with Crippen LogP contribution in [0.4, 0.5) is 0 Å². The topological polar surface area (TPSA) is 63.7 Å². The Bertz CT molecular complexity index is 559. The maximum absolute atomic E-state index is 5.59. The average molecular weight is 311 g/mol. The number of halogens is 1. The summed E-state index contributed by atoms with van der Waals surface area (Å²) in [6.07, 6.45) is 0. The molecule has 2 aromatic heterocycles. The Morgan fingerprint density at radius 1 is 1.17 bits per heavy atom. The Labute approximate surface area is 114 Å². The highest BCUT2D eigenvalue weighted by atomic mass is 79.9. The molecule has 2 rings (SSSR count). The van der Waals surface area contributed by atoms with Crippen LogP contribution in [0.3, 0.4) is 0 Å². The van der Waals surface area contributed by atoms with E-state index >= 15 is 0 Å². The van der Waals surface area contributed by atoms with Crippen molar-refractivity contribution >= 4 is 15.9 Å². The van der Waals surface area contributed by atoms with Gasteiger partial charge in [0.05, 0.1) is 0 Å². The van der Waals surface area contributed by atoms with E-state index in [0.29, 0.717) is 16.4 Å². The van der Waals surface area contributed by atoms with Crippen molar-refractivity contribution in [3.05, 3.63) is 28.3 Å². The van der Waals surface area contributed by atoms with Crippen LogP contribution in [0.25, 0.3) is 0 Å². The molecule has 0 atom stereocenters. The SMILES string of the molecule is Cc1cc(Oc2cc(Br)nc(C(C)(C)C)n2)n[nH]1. The highest BCUT2D eigenvalue weighted by Crippen LogP contribution is 2.25. The van der Waals surface area contributed by atoms with E-state index in [1.807, 2.05) is 13.0 Å². The Balaban J connectivity index is 2.31. The molecule has 96 valence electrons. The first-order chi connectivity index (χ1) is 8.34. The molecule has 0 aliphatic carbocycles. The third-order valence-corrected chi connectivity index (χ3v) is 2.64. The minimum absolute atomic E-state index is 0.136. The van der Waals surface area contributed by atoms with E-state index in [-0.39, 0.29) is 5.41 Å². The van der Waals surface area contributed by atoms with Crippen molar-refractivity contribution in [2.75, 3.05) is 0 Å². The number of hydrogen-bond donors (Lipinski definition) is 1. The number of nitrogens with one attached hydrogen (secondary N) is 1. The number of H-pyrrole nitrogens is 1. The molecular formula is C12H15BrN4O. The van der Waals surface area contributed by atoms with E-state index in [1.54, 1.807) is 6.07 Å². The summed E-state index contributed by atoms with van der Waals surface area (Å²) in [5.41, 5.74) is 0.804. The van der Waals surface area contributed by atoms with Crippen LogP contribution in [0.15, 0.2) is 16.7 Å². The van der Waals surface area contributed by atoms with E-state index in [1.165, 1.54) is 0 Å². The van der Waals surface area contributed by atoms with Crippen molar-refractivity contribution in [1.82, 2.24) is 20.2 Å². The third-order valence-electron chi connectivity index (χ3n) is 2.23. The lowest BCUT2D eigenvalue weighted by atomic mass is 9.96. The number of nitrogens with zero attached hydrogens (tertiary/aromatic N) is 3. The van der Waals surface area contributed by atoms with Gasteiger partial charge < -0.3 is 4.74 Å². The van der Waals surface area contributed by atoms with Crippen molar-refractivity contribution in [2.24, 2.45) is 0 Å². The van der Waals surface area contributed by atoms with Crippen LogP contribution in [0.5, 0.6) is 11.8 Å². The second-order valence-electron chi connectivity index (χ2n) is 5.09. The molecule has 2 aromatic rings. The summed E-state index contributed by atoms with van der Waals surface area (Å²) in [5.74, 6) is 1.70. The molecule has 0 aromatic carbocycles. The molecule has 0 unspecified atom stereocenters. The van der Waals surface area contributed by atoms with Gasteiger partial charge in [0.1, 0.15) is 10.4 Å². The number of aromatic nitrogens is 4. The first-order valence-electron chi connectivity index (χ1n) is 5.59. The molecule has 0 aliphatic heterocycles. The van der Waals surface area contributed by atoms with Crippen molar-refractivity contribution in [2.45, 2.75) is 33.1 Å². The lowest BCUT2D eigenvalue weighted by molar-refractivity contribution is 0.429. The van der Waals surface area contributed by atoms with Gasteiger partial charge in [0.25, 0.3) is 0 Å². The second kappa shape index (κ2) is 4.68. The molecule has 18 heavy (non-hydrogen) atoms. The van der Waals surface area contributed by atoms with Gasteiger partial charge in [-0.2, -0.15) is 4.98 Å². The van der Waals surface area contributed by atoms with Crippen LogP contribution < -0.4 is 4.74 Å². The zero-order valence-electron chi connectivity index (χ0n) is 10.8. The number of rotatable bonds is 2. The molecular weight excluding hydrogens is 296 g/mol. The Kier molecular flexibility index (Phi) is 3.38. The van der Waals surface area contributed by atoms with E-state index in [0.717, 1.165) is 11.5 Å². The summed E-state index contributed by atoms with van der Waals surface area (Å²) >= 11 is 3.36. The Morgan fingerprint density at radius 2 is 1.89 bits per heavy atom. The smallest absolute Gasteiger partial charge is 0.240 e. The van der Waals surface area contributed by atoms with Gasteiger partial charge >= 0.3 is 0 Å². The van der Waals surface area contributed by atoms with Crippen molar-refractivity contribution in [3.8, 4) is 11.8 Å². The zero-order valence-corrected chi connectivity index (χ0v) is 12.4. The fourth-order valence-corrected chi connectivity index (χ4v) is 1.70. The highest BCUT2D eigenvalue weighted by Gasteiger charge is 2.19. The average Bonchev–Trinajstić information content (AvgIpc) is 2.61. The first-order valence-corrected chi connectivity index (χ1v) is 6.39. The van der Waals surface area contributed by atoms with Crippen LogP contribution in [0.2, 0.25) is 0 Å². The van der Waals surface area contributed by atoms with E-state index in [2.05, 4.69) is 56.9 Å². The van der Waals surface area contributed by atoms with Crippen molar-refractivity contribution in [3.63, 3.8) is 0 Å². The summed E-state index contributed by atoms with van der Waals surface area (Å²) < 4.78 is 6.29. The molecule has 0 saturated carbocycles. The van der Waals surface area contributed by atoms with Crippen LogP contribution in [0, 0.1) is 6.92 Å². The fraction of sp³-hybridized carbons (Fsp3) is 0.417. The molecule has 0 fully saturated rings. The second-order valence-corrected chi connectivity index (χ2v) is 5.91. The zero-order chi connectivity index (χ0) is 13.3. The van der Waals surface area contributed by atoms with Gasteiger partial charge in [-0.1, -0.05) is 20.8 Å². The first kappa shape index (κ1) is 13.0. The van der Waals surface area contributed by atoms with E-state index in [9.17, 15) is 0 Å². The molecule has 0 saturated heterocycles. The molecule has 2 heterocycles. The standard InChI is InChI=1S/C12H15BrN4O/c1-7-5-10(17-16-7)18-9-6-8(13)14-11(15-9)12(2,3)4/h5-6H,1-4H3,(H,16,17). The van der Waals surface area contributed by atoms with Gasteiger partial charge in [0.15, 0.2) is 0 Å². The van der Waals surface area contributed by atoms with Gasteiger partial charge in [0, 0.05) is 23.2 Å². The normalized spacial score (nSPS) is 11.6.